The fourth-order valence-corrected chi connectivity index (χ4v) is 1.96. The Bertz CT molecular complexity index is 394. The summed E-state index contributed by atoms with van der Waals surface area (Å²) in [5.41, 5.74) is 1.42. The summed E-state index contributed by atoms with van der Waals surface area (Å²) < 4.78 is 12.9. The van der Waals surface area contributed by atoms with Crippen LogP contribution >= 0.6 is 0 Å². The molecule has 1 saturated carbocycles. The first-order valence-corrected chi connectivity index (χ1v) is 5.40. The van der Waals surface area contributed by atoms with Crippen molar-refractivity contribution in [2.45, 2.75) is 26.7 Å². The van der Waals surface area contributed by atoms with Crippen LogP contribution in [0.15, 0.2) is 18.2 Å². The smallest absolute Gasteiger partial charge is 0.166 e. The number of benzene rings is 1. The van der Waals surface area contributed by atoms with Crippen LogP contribution in [0.25, 0.3) is 0 Å². The number of hydrogen-bond donors (Lipinski definition) is 0. The van der Waals surface area contributed by atoms with E-state index in [4.69, 9.17) is 0 Å². The molecule has 0 spiro atoms. The van der Waals surface area contributed by atoms with E-state index >= 15 is 0 Å². The van der Waals surface area contributed by atoms with Crippen LogP contribution in [0, 0.1) is 24.6 Å². The van der Waals surface area contributed by atoms with Crippen LogP contribution in [0.5, 0.6) is 0 Å². The zero-order valence-electron chi connectivity index (χ0n) is 9.09. The first-order chi connectivity index (χ1) is 7.09. The maximum absolute atomic E-state index is 12.9. The van der Waals surface area contributed by atoms with E-state index in [9.17, 15) is 9.18 Å². The van der Waals surface area contributed by atoms with Gasteiger partial charge in [-0.25, -0.2) is 4.39 Å². The minimum absolute atomic E-state index is 0.0918. The normalized spacial score (nSPS) is 17.5. The summed E-state index contributed by atoms with van der Waals surface area (Å²) in [4.78, 5) is 12.0. The fraction of sp³-hybridized carbons (Fsp3) is 0.462. The summed E-state index contributed by atoms with van der Waals surface area (Å²) in [6.45, 7) is 3.76. The van der Waals surface area contributed by atoms with Crippen molar-refractivity contribution in [2.24, 2.45) is 11.8 Å². The van der Waals surface area contributed by atoms with Gasteiger partial charge in [-0.15, -0.1) is 0 Å². The van der Waals surface area contributed by atoms with Crippen LogP contribution in [0.1, 0.15) is 35.7 Å². The molecule has 1 atom stereocenters. The Morgan fingerprint density at radius 2 is 2.13 bits per heavy atom. The van der Waals surface area contributed by atoms with E-state index in [-0.39, 0.29) is 17.5 Å². The zero-order valence-corrected chi connectivity index (χ0v) is 9.09. The van der Waals surface area contributed by atoms with E-state index in [1.54, 1.807) is 13.0 Å². The van der Waals surface area contributed by atoms with Gasteiger partial charge in [-0.05, 0) is 49.4 Å². The van der Waals surface area contributed by atoms with E-state index < -0.39 is 0 Å². The Morgan fingerprint density at radius 1 is 1.47 bits per heavy atom. The number of aryl methyl sites for hydroxylation is 1. The van der Waals surface area contributed by atoms with Crippen LogP contribution in [0.4, 0.5) is 4.39 Å². The summed E-state index contributed by atoms with van der Waals surface area (Å²) in [5, 5.41) is 0. The standard InChI is InChI=1S/C13H15FO/c1-8-7-11(14)5-6-12(8)13(15)9(2)10-3-4-10/h5-7,9-10H,3-4H2,1-2H3. The number of rotatable bonds is 3. The third kappa shape index (κ3) is 2.09. The highest BCUT2D eigenvalue weighted by atomic mass is 19.1. The SMILES string of the molecule is Cc1cc(F)ccc1C(=O)C(C)C1CC1. The maximum Gasteiger partial charge on any atom is 0.166 e. The van der Waals surface area contributed by atoms with Crippen molar-refractivity contribution in [3.8, 4) is 0 Å². The molecule has 1 unspecified atom stereocenters. The predicted molar refractivity (Wildman–Crippen MR) is 57.4 cm³/mol. The molecule has 1 aliphatic carbocycles. The summed E-state index contributed by atoms with van der Waals surface area (Å²) in [6.07, 6.45) is 2.32. The van der Waals surface area contributed by atoms with Crippen molar-refractivity contribution >= 4 is 5.78 Å². The topological polar surface area (TPSA) is 17.1 Å². The van der Waals surface area contributed by atoms with Gasteiger partial charge in [0.1, 0.15) is 5.82 Å². The quantitative estimate of drug-likeness (QED) is 0.693. The molecule has 1 aromatic carbocycles. The largest absolute Gasteiger partial charge is 0.294 e. The molecule has 2 heteroatoms. The van der Waals surface area contributed by atoms with Crippen LogP contribution < -0.4 is 0 Å². The average Bonchev–Trinajstić information content (AvgIpc) is 2.99. The molecule has 80 valence electrons. The molecule has 1 fully saturated rings. The van der Waals surface area contributed by atoms with Gasteiger partial charge in [-0.3, -0.25) is 4.79 Å². The number of carbonyl (C=O) groups excluding carboxylic acids is 1. The highest BCUT2D eigenvalue weighted by Gasteiger charge is 2.33. The molecule has 2 rings (SSSR count). The first-order valence-electron chi connectivity index (χ1n) is 5.40. The van der Waals surface area contributed by atoms with Crippen LogP contribution in [-0.2, 0) is 0 Å². The van der Waals surface area contributed by atoms with Gasteiger partial charge in [0.15, 0.2) is 5.78 Å². The first kappa shape index (κ1) is 10.3. The molecular formula is C13H15FO. The Kier molecular flexibility index (Phi) is 2.59. The molecule has 1 aliphatic rings. The van der Waals surface area contributed by atoms with Gasteiger partial charge in [0, 0.05) is 11.5 Å². The third-order valence-corrected chi connectivity index (χ3v) is 3.20. The van der Waals surface area contributed by atoms with Gasteiger partial charge in [0.2, 0.25) is 0 Å². The van der Waals surface area contributed by atoms with Crippen molar-refractivity contribution in [3.63, 3.8) is 0 Å². The zero-order chi connectivity index (χ0) is 11.0. The van der Waals surface area contributed by atoms with Gasteiger partial charge >= 0.3 is 0 Å². The molecule has 1 aromatic rings. The molecule has 0 aliphatic heterocycles. The van der Waals surface area contributed by atoms with Crippen LogP contribution in [-0.4, -0.2) is 5.78 Å². The van der Waals surface area contributed by atoms with E-state index in [1.807, 2.05) is 6.92 Å². The lowest BCUT2D eigenvalue weighted by Gasteiger charge is -2.10. The highest BCUT2D eigenvalue weighted by molar-refractivity contribution is 5.99. The third-order valence-electron chi connectivity index (χ3n) is 3.20. The van der Waals surface area contributed by atoms with Crippen molar-refractivity contribution < 1.29 is 9.18 Å². The lowest BCUT2D eigenvalue weighted by molar-refractivity contribution is 0.0915. The fourth-order valence-electron chi connectivity index (χ4n) is 1.96. The van der Waals surface area contributed by atoms with Gasteiger partial charge in [0.25, 0.3) is 0 Å². The highest BCUT2D eigenvalue weighted by Crippen LogP contribution is 2.38. The molecule has 0 bridgehead atoms. The van der Waals surface area contributed by atoms with Crippen LogP contribution in [0.3, 0.4) is 0 Å². The van der Waals surface area contributed by atoms with Gasteiger partial charge in [-0.2, -0.15) is 0 Å². The summed E-state index contributed by atoms with van der Waals surface area (Å²) in [6, 6.07) is 4.39. The van der Waals surface area contributed by atoms with Crippen LogP contribution in [0.2, 0.25) is 0 Å². The molecule has 0 radical (unpaired) electrons. The minimum Gasteiger partial charge on any atom is -0.294 e. The molecule has 0 aromatic heterocycles. The Balaban J connectivity index is 2.24. The summed E-state index contributed by atoms with van der Waals surface area (Å²) >= 11 is 0. The molecule has 0 N–H and O–H groups in total. The lowest BCUT2D eigenvalue weighted by Crippen LogP contribution is -2.14. The molecular weight excluding hydrogens is 191 g/mol. The number of hydrogen-bond acceptors (Lipinski definition) is 1. The molecule has 15 heavy (non-hydrogen) atoms. The maximum atomic E-state index is 12.9. The van der Waals surface area contributed by atoms with E-state index in [0.717, 1.165) is 18.4 Å². The van der Waals surface area contributed by atoms with Crippen molar-refractivity contribution in [1.29, 1.82) is 0 Å². The Labute approximate surface area is 89.3 Å². The minimum atomic E-state index is -0.275. The van der Waals surface area contributed by atoms with Crippen molar-refractivity contribution in [2.75, 3.05) is 0 Å². The second kappa shape index (κ2) is 3.76. The predicted octanol–water partition coefficient (Wildman–Crippen LogP) is 3.36. The number of Topliss-reactive ketones (excluding diaryl/α,β-unsaturated/α-hetero) is 1. The summed E-state index contributed by atoms with van der Waals surface area (Å²) in [7, 11) is 0. The van der Waals surface area contributed by atoms with E-state index in [1.165, 1.54) is 12.1 Å². The number of halogens is 1. The number of ketones is 1. The van der Waals surface area contributed by atoms with Crippen molar-refractivity contribution in [3.05, 3.63) is 35.1 Å². The molecule has 0 saturated heterocycles. The van der Waals surface area contributed by atoms with Gasteiger partial charge in [-0.1, -0.05) is 6.92 Å². The Morgan fingerprint density at radius 3 is 2.67 bits per heavy atom. The Hall–Kier alpha value is -1.18. The monoisotopic (exact) mass is 206 g/mol. The second-order valence-corrected chi connectivity index (χ2v) is 4.45. The van der Waals surface area contributed by atoms with Crippen molar-refractivity contribution in [1.82, 2.24) is 0 Å². The molecule has 0 amide bonds. The van der Waals surface area contributed by atoms with Gasteiger partial charge < -0.3 is 0 Å². The summed E-state index contributed by atoms with van der Waals surface area (Å²) in [5.74, 6) is 0.536. The second-order valence-electron chi connectivity index (χ2n) is 4.45. The molecule has 1 nitrogen and oxygen atoms in total. The number of carbonyl (C=O) groups is 1. The van der Waals surface area contributed by atoms with E-state index in [0.29, 0.717) is 11.5 Å². The van der Waals surface area contributed by atoms with Gasteiger partial charge in [0.05, 0.1) is 0 Å². The molecule has 0 heterocycles. The lowest BCUT2D eigenvalue weighted by atomic mass is 9.92. The van der Waals surface area contributed by atoms with E-state index in [2.05, 4.69) is 0 Å². The average molecular weight is 206 g/mol.